The smallest absolute Gasteiger partial charge is 0.391 e. The van der Waals surface area contributed by atoms with Crippen LogP contribution in [0.5, 0.6) is 5.75 Å². The van der Waals surface area contributed by atoms with Crippen molar-refractivity contribution in [3.05, 3.63) is 64.7 Å². The maximum Gasteiger partial charge on any atom is 0.391 e. The van der Waals surface area contributed by atoms with Gasteiger partial charge in [-0.3, -0.25) is 0 Å². The molecule has 0 spiro atoms. The van der Waals surface area contributed by atoms with Gasteiger partial charge in [0.25, 0.3) is 0 Å². The summed E-state index contributed by atoms with van der Waals surface area (Å²) in [7, 11) is -2.39. The highest BCUT2D eigenvalue weighted by atomic mass is 31.2. The van der Waals surface area contributed by atoms with Crippen LogP contribution in [0.25, 0.3) is 0 Å². The van der Waals surface area contributed by atoms with Crippen LogP contribution in [0, 0.1) is 0 Å². The topological polar surface area (TPSA) is 49.7 Å². The summed E-state index contributed by atoms with van der Waals surface area (Å²) in [6.07, 6.45) is 17.8. The standard InChI is InChI=1S/C29H45O3P/c1-3-5-20-26-23-24-29(32-33(30)31)28(27(26)21-6-4-2)22-16-11-9-7-8-10-13-17-25-18-14-12-15-19-25/h12,14-15,18-19,23-24,30-31H,3-11,13,16-17,20-22H2,1-2H3. The Balaban J connectivity index is 1.83. The molecule has 0 unspecified atom stereocenters. The minimum atomic E-state index is -2.39. The van der Waals surface area contributed by atoms with Gasteiger partial charge in [0.05, 0.1) is 0 Å². The lowest BCUT2D eigenvalue weighted by molar-refractivity contribution is 0.372. The first-order valence-corrected chi connectivity index (χ1v) is 14.4. The van der Waals surface area contributed by atoms with E-state index in [0.717, 1.165) is 38.5 Å². The molecule has 0 saturated heterocycles. The lowest BCUT2D eigenvalue weighted by Crippen LogP contribution is -2.04. The molecule has 4 heteroatoms. The molecule has 0 aliphatic heterocycles. The Kier molecular flexibility index (Phi) is 14.4. The molecular formula is C29H45O3P. The zero-order valence-corrected chi connectivity index (χ0v) is 21.8. The summed E-state index contributed by atoms with van der Waals surface area (Å²) in [5, 5.41) is 0. The molecule has 0 aromatic heterocycles. The molecule has 0 atom stereocenters. The molecule has 2 aromatic carbocycles. The first-order valence-electron chi connectivity index (χ1n) is 13.2. The highest BCUT2D eigenvalue weighted by Gasteiger charge is 2.16. The maximum atomic E-state index is 9.49. The van der Waals surface area contributed by atoms with Gasteiger partial charge >= 0.3 is 8.60 Å². The van der Waals surface area contributed by atoms with Crippen molar-refractivity contribution in [1.82, 2.24) is 0 Å². The van der Waals surface area contributed by atoms with Crippen molar-refractivity contribution in [2.75, 3.05) is 0 Å². The SMILES string of the molecule is CCCCc1ccc(OP(O)O)c(CCCCCCCCCc2ccccc2)c1CCCC. The first-order chi connectivity index (χ1) is 16.2. The second-order valence-electron chi connectivity index (χ2n) is 9.19. The molecular weight excluding hydrogens is 427 g/mol. The Labute approximate surface area is 203 Å². The van der Waals surface area contributed by atoms with Gasteiger partial charge in [0, 0.05) is 0 Å². The van der Waals surface area contributed by atoms with Gasteiger partial charge in [-0.15, -0.1) is 0 Å². The van der Waals surface area contributed by atoms with E-state index >= 15 is 0 Å². The maximum absolute atomic E-state index is 9.49. The Morgan fingerprint density at radius 1 is 0.606 bits per heavy atom. The predicted octanol–water partition coefficient (Wildman–Crippen LogP) is 8.48. The van der Waals surface area contributed by atoms with Crippen LogP contribution in [0.4, 0.5) is 0 Å². The fourth-order valence-electron chi connectivity index (χ4n) is 4.59. The zero-order valence-electron chi connectivity index (χ0n) is 20.9. The average molecular weight is 473 g/mol. The Bertz CT molecular complexity index is 761. The van der Waals surface area contributed by atoms with Crippen LogP contribution in [0.2, 0.25) is 0 Å². The summed E-state index contributed by atoms with van der Waals surface area (Å²) in [5.41, 5.74) is 5.49. The van der Waals surface area contributed by atoms with Crippen molar-refractivity contribution >= 4 is 8.60 Å². The molecule has 3 nitrogen and oxygen atoms in total. The summed E-state index contributed by atoms with van der Waals surface area (Å²) in [5.74, 6) is 0.679. The molecule has 0 aliphatic carbocycles. The van der Waals surface area contributed by atoms with Crippen molar-refractivity contribution in [3.8, 4) is 5.75 Å². The van der Waals surface area contributed by atoms with Gasteiger partial charge in [0.2, 0.25) is 0 Å². The molecule has 33 heavy (non-hydrogen) atoms. The van der Waals surface area contributed by atoms with E-state index in [4.69, 9.17) is 4.52 Å². The second kappa shape index (κ2) is 17.1. The minimum absolute atomic E-state index is 0.679. The molecule has 0 saturated carbocycles. The van der Waals surface area contributed by atoms with E-state index in [9.17, 15) is 9.79 Å². The molecule has 0 radical (unpaired) electrons. The quantitative estimate of drug-likeness (QED) is 0.169. The van der Waals surface area contributed by atoms with Gasteiger partial charge in [-0.25, -0.2) is 0 Å². The van der Waals surface area contributed by atoms with Crippen LogP contribution in [0.15, 0.2) is 42.5 Å². The third kappa shape index (κ3) is 11.0. The van der Waals surface area contributed by atoms with Crippen molar-refractivity contribution in [2.24, 2.45) is 0 Å². The Morgan fingerprint density at radius 2 is 1.18 bits per heavy atom. The van der Waals surface area contributed by atoms with Crippen LogP contribution in [0.3, 0.4) is 0 Å². The molecule has 2 rings (SSSR count). The third-order valence-corrected chi connectivity index (χ3v) is 6.84. The van der Waals surface area contributed by atoms with Gasteiger partial charge in [0.1, 0.15) is 5.75 Å². The summed E-state index contributed by atoms with van der Waals surface area (Å²) in [6, 6.07) is 14.9. The van der Waals surface area contributed by atoms with Gasteiger partial charge in [-0.2, -0.15) is 0 Å². The van der Waals surface area contributed by atoms with Crippen LogP contribution in [-0.2, 0) is 25.7 Å². The van der Waals surface area contributed by atoms with Crippen molar-refractivity contribution < 1.29 is 14.3 Å². The summed E-state index contributed by atoms with van der Waals surface area (Å²) < 4.78 is 5.46. The molecule has 184 valence electrons. The van der Waals surface area contributed by atoms with E-state index in [1.54, 1.807) is 0 Å². The molecule has 0 amide bonds. The van der Waals surface area contributed by atoms with Crippen LogP contribution < -0.4 is 4.52 Å². The summed E-state index contributed by atoms with van der Waals surface area (Å²) in [4.78, 5) is 19.0. The van der Waals surface area contributed by atoms with Crippen LogP contribution >= 0.6 is 8.60 Å². The third-order valence-electron chi connectivity index (χ3n) is 6.48. The minimum Gasteiger partial charge on any atom is -0.427 e. The largest absolute Gasteiger partial charge is 0.427 e. The number of unbranched alkanes of at least 4 members (excludes halogenated alkanes) is 8. The molecule has 2 aromatic rings. The first kappa shape index (κ1) is 27.8. The van der Waals surface area contributed by atoms with Gasteiger partial charge in [-0.1, -0.05) is 95.2 Å². The lowest BCUT2D eigenvalue weighted by atomic mass is 9.90. The lowest BCUT2D eigenvalue weighted by Gasteiger charge is -2.19. The van der Waals surface area contributed by atoms with Gasteiger partial charge in [0.15, 0.2) is 0 Å². The Morgan fingerprint density at radius 3 is 1.82 bits per heavy atom. The number of aryl methyl sites for hydroxylation is 2. The second-order valence-corrected chi connectivity index (χ2v) is 9.88. The van der Waals surface area contributed by atoms with Crippen molar-refractivity contribution in [3.63, 3.8) is 0 Å². The van der Waals surface area contributed by atoms with E-state index in [0.29, 0.717) is 5.75 Å². The number of hydrogen-bond donors (Lipinski definition) is 2. The van der Waals surface area contributed by atoms with Gasteiger partial charge in [-0.05, 0) is 79.7 Å². The highest BCUT2D eigenvalue weighted by Crippen LogP contribution is 2.36. The fraction of sp³-hybridized carbons (Fsp3) is 0.586. The van der Waals surface area contributed by atoms with Crippen LogP contribution in [-0.4, -0.2) is 9.79 Å². The zero-order chi connectivity index (χ0) is 23.7. The van der Waals surface area contributed by atoms with E-state index < -0.39 is 8.60 Å². The molecule has 0 heterocycles. The number of rotatable bonds is 18. The monoisotopic (exact) mass is 472 g/mol. The normalized spacial score (nSPS) is 11.3. The van der Waals surface area contributed by atoms with E-state index in [1.807, 2.05) is 6.07 Å². The van der Waals surface area contributed by atoms with E-state index in [2.05, 4.69) is 50.2 Å². The molecule has 0 aliphatic rings. The van der Waals surface area contributed by atoms with Crippen molar-refractivity contribution in [2.45, 2.75) is 110 Å². The molecule has 0 fully saturated rings. The number of benzene rings is 2. The van der Waals surface area contributed by atoms with Crippen molar-refractivity contribution in [1.29, 1.82) is 0 Å². The average Bonchev–Trinajstić information content (AvgIpc) is 2.82. The predicted molar refractivity (Wildman–Crippen MR) is 142 cm³/mol. The summed E-state index contributed by atoms with van der Waals surface area (Å²) in [6.45, 7) is 4.46. The van der Waals surface area contributed by atoms with E-state index in [1.165, 1.54) is 80.0 Å². The molecule has 2 N–H and O–H groups in total. The highest BCUT2D eigenvalue weighted by molar-refractivity contribution is 7.39. The fourth-order valence-corrected chi connectivity index (χ4v) is 4.94. The summed E-state index contributed by atoms with van der Waals surface area (Å²) >= 11 is 0. The van der Waals surface area contributed by atoms with Gasteiger partial charge < -0.3 is 14.3 Å². The van der Waals surface area contributed by atoms with Crippen LogP contribution in [0.1, 0.15) is 107 Å². The molecule has 0 bridgehead atoms. The Hall–Kier alpha value is -1.41. The van der Waals surface area contributed by atoms with E-state index in [-0.39, 0.29) is 0 Å². The number of hydrogen-bond acceptors (Lipinski definition) is 3.